The highest BCUT2D eigenvalue weighted by atomic mass is 31.1. The monoisotopic (exact) mass is 197 g/mol. The molecule has 1 unspecified atom stereocenters. The Labute approximate surface area is 71.2 Å². The van der Waals surface area contributed by atoms with Gasteiger partial charge in [-0.05, 0) is 12.8 Å². The molecular weight excluding hydrogens is 183 g/mol. The van der Waals surface area contributed by atoms with E-state index in [2.05, 4.69) is 0 Å². The third-order valence-corrected chi connectivity index (χ3v) is 1.85. The predicted octanol–water partition coefficient (Wildman–Crippen LogP) is -0.343. The van der Waals surface area contributed by atoms with Gasteiger partial charge >= 0.3 is 14.0 Å². The summed E-state index contributed by atoms with van der Waals surface area (Å²) >= 11 is 0. The molecule has 7 heteroatoms. The van der Waals surface area contributed by atoms with Crippen molar-refractivity contribution in [3.63, 3.8) is 0 Å². The SMILES string of the molecule is N[C@H](CCC[P+](=O)[O-])C(=O)O.[NH4+]. The molecule has 0 spiro atoms. The lowest BCUT2D eigenvalue weighted by Gasteiger charge is -2.01. The topological polar surface area (TPSA) is 140 Å². The number of hydrogen-bond acceptors (Lipinski definition) is 4. The first-order valence-electron chi connectivity index (χ1n) is 3.14. The standard InChI is InChI=1S/C5H10NO4P.H3N/c6-4(5(7)8)2-1-3-11(9)10;/h4H,1-3,6H2,(H,7,8);1H3/p+1/t4-;/m1./s1. The van der Waals surface area contributed by atoms with E-state index in [0.29, 0.717) is 6.42 Å². The minimum absolute atomic E-state index is 0. The summed E-state index contributed by atoms with van der Waals surface area (Å²) in [7, 11) is -2.40. The molecule has 0 aromatic carbocycles. The smallest absolute Gasteiger partial charge is 0.320 e. The van der Waals surface area contributed by atoms with Crippen molar-refractivity contribution in [2.45, 2.75) is 18.9 Å². The van der Waals surface area contributed by atoms with Gasteiger partial charge < -0.3 is 21.9 Å². The van der Waals surface area contributed by atoms with Crippen LogP contribution >= 0.6 is 8.03 Å². The van der Waals surface area contributed by atoms with E-state index in [4.69, 9.17) is 10.8 Å². The minimum atomic E-state index is -2.40. The largest absolute Gasteiger partial charge is 0.596 e. The van der Waals surface area contributed by atoms with Crippen molar-refractivity contribution in [2.75, 3.05) is 6.16 Å². The van der Waals surface area contributed by atoms with Gasteiger partial charge in [-0.3, -0.25) is 4.79 Å². The van der Waals surface area contributed by atoms with E-state index in [1.54, 1.807) is 0 Å². The first-order valence-corrected chi connectivity index (χ1v) is 4.50. The molecule has 0 amide bonds. The van der Waals surface area contributed by atoms with Crippen molar-refractivity contribution in [2.24, 2.45) is 5.73 Å². The Kier molecular flexibility index (Phi) is 8.31. The van der Waals surface area contributed by atoms with E-state index < -0.39 is 20.0 Å². The maximum absolute atomic E-state index is 10.1. The van der Waals surface area contributed by atoms with Crippen LogP contribution in [0.4, 0.5) is 0 Å². The van der Waals surface area contributed by atoms with E-state index in [1.165, 1.54) is 0 Å². The van der Waals surface area contributed by atoms with Gasteiger partial charge in [0, 0.05) is 0 Å². The van der Waals surface area contributed by atoms with Gasteiger partial charge in [0.2, 0.25) is 0 Å². The first kappa shape index (κ1) is 14.0. The summed E-state index contributed by atoms with van der Waals surface area (Å²) in [4.78, 5) is 20.1. The summed E-state index contributed by atoms with van der Waals surface area (Å²) in [6, 6.07) is -0.940. The van der Waals surface area contributed by atoms with Gasteiger partial charge in [-0.25, -0.2) is 0 Å². The fourth-order valence-electron chi connectivity index (χ4n) is 0.564. The maximum atomic E-state index is 10.1. The summed E-state index contributed by atoms with van der Waals surface area (Å²) in [6.07, 6.45) is 0.529. The lowest BCUT2D eigenvalue weighted by molar-refractivity contribution is -0.164. The predicted molar refractivity (Wildman–Crippen MR) is 43.3 cm³/mol. The molecule has 0 bridgehead atoms. The quantitative estimate of drug-likeness (QED) is 0.517. The fourth-order valence-corrected chi connectivity index (χ4v) is 1.00. The highest BCUT2D eigenvalue weighted by Crippen LogP contribution is 2.10. The molecule has 0 aliphatic rings. The molecule has 0 fully saturated rings. The average molecular weight is 197 g/mol. The van der Waals surface area contributed by atoms with Crippen molar-refractivity contribution < 1.29 is 19.4 Å². The van der Waals surface area contributed by atoms with Crippen LogP contribution in [0.3, 0.4) is 0 Å². The zero-order chi connectivity index (χ0) is 8.85. The van der Waals surface area contributed by atoms with Gasteiger partial charge in [0.05, 0.1) is 0 Å². The Hall–Kier alpha value is -0.550. The Balaban J connectivity index is 0. The van der Waals surface area contributed by atoms with Crippen molar-refractivity contribution in [1.29, 1.82) is 0 Å². The highest BCUT2D eigenvalue weighted by Gasteiger charge is 2.12. The van der Waals surface area contributed by atoms with Crippen LogP contribution in [0.5, 0.6) is 0 Å². The molecule has 0 heterocycles. The summed E-state index contributed by atoms with van der Waals surface area (Å²) < 4.78 is 10.00. The lowest BCUT2D eigenvalue weighted by Crippen LogP contribution is -2.29. The molecule has 7 N–H and O–H groups in total. The summed E-state index contributed by atoms with van der Waals surface area (Å²) in [6.45, 7) is 0. The lowest BCUT2D eigenvalue weighted by atomic mass is 10.2. The second-order valence-corrected chi connectivity index (χ2v) is 3.26. The number of nitrogens with two attached hydrogens (primary N) is 1. The van der Waals surface area contributed by atoms with Crippen LogP contribution in [-0.2, 0) is 9.36 Å². The average Bonchev–Trinajstić information content (AvgIpc) is 1.86. The van der Waals surface area contributed by atoms with Crippen molar-refractivity contribution in [1.82, 2.24) is 6.15 Å². The molecule has 6 nitrogen and oxygen atoms in total. The maximum Gasteiger partial charge on any atom is 0.320 e. The Morgan fingerprint density at radius 2 is 2.17 bits per heavy atom. The van der Waals surface area contributed by atoms with Crippen LogP contribution in [0.15, 0.2) is 0 Å². The van der Waals surface area contributed by atoms with Crippen molar-refractivity contribution >= 4 is 14.0 Å². The van der Waals surface area contributed by atoms with E-state index in [9.17, 15) is 14.3 Å². The summed E-state index contributed by atoms with van der Waals surface area (Å²) in [5.74, 6) is -1.09. The number of carboxylic acids is 1. The van der Waals surface area contributed by atoms with E-state index in [1.807, 2.05) is 0 Å². The molecule has 0 aromatic heterocycles. The van der Waals surface area contributed by atoms with Crippen LogP contribution in [0, 0.1) is 0 Å². The second kappa shape index (κ2) is 7.12. The number of aliphatic carboxylic acids is 1. The molecule has 0 saturated carbocycles. The van der Waals surface area contributed by atoms with Crippen LogP contribution in [0.1, 0.15) is 12.8 Å². The molecule has 0 radical (unpaired) electrons. The number of rotatable bonds is 5. The molecule has 0 saturated heterocycles. The molecule has 0 aliphatic heterocycles. The van der Waals surface area contributed by atoms with Crippen molar-refractivity contribution in [3.05, 3.63) is 0 Å². The molecule has 0 rings (SSSR count). The first-order chi connectivity index (χ1) is 5.04. The van der Waals surface area contributed by atoms with Crippen LogP contribution in [0.2, 0.25) is 0 Å². The van der Waals surface area contributed by atoms with E-state index in [0.717, 1.165) is 0 Å². The molecule has 0 aliphatic carbocycles. The van der Waals surface area contributed by atoms with Gasteiger partial charge in [0.1, 0.15) is 12.2 Å². The van der Waals surface area contributed by atoms with Crippen LogP contribution < -0.4 is 16.8 Å². The van der Waals surface area contributed by atoms with Gasteiger partial charge in [0.15, 0.2) is 0 Å². The molecule has 72 valence electrons. The van der Waals surface area contributed by atoms with Gasteiger partial charge in [-0.15, -0.1) is 0 Å². The number of quaternary nitrogens is 1. The third kappa shape index (κ3) is 7.56. The fraction of sp³-hybridized carbons (Fsp3) is 0.800. The highest BCUT2D eigenvalue weighted by molar-refractivity contribution is 7.36. The molecule has 2 atom stereocenters. The molecule has 12 heavy (non-hydrogen) atoms. The zero-order valence-electron chi connectivity index (χ0n) is 6.90. The van der Waals surface area contributed by atoms with Gasteiger partial charge in [-0.2, -0.15) is 0 Å². The van der Waals surface area contributed by atoms with Crippen molar-refractivity contribution in [3.8, 4) is 0 Å². The summed E-state index contributed by atoms with van der Waals surface area (Å²) in [5, 5.41) is 8.27. The number of hydrogen-bond donors (Lipinski definition) is 3. The number of carbonyl (C=O) groups is 1. The Morgan fingerprint density at radius 1 is 1.67 bits per heavy atom. The zero-order valence-corrected chi connectivity index (χ0v) is 7.79. The van der Waals surface area contributed by atoms with Crippen LogP contribution in [0.25, 0.3) is 0 Å². The van der Waals surface area contributed by atoms with Crippen LogP contribution in [-0.4, -0.2) is 23.3 Å². The van der Waals surface area contributed by atoms with E-state index in [-0.39, 0.29) is 18.7 Å². The Morgan fingerprint density at radius 3 is 2.50 bits per heavy atom. The molecular formula is C5H14N2O4P+. The normalized spacial score (nSPS) is 13.0. The number of carboxylic acid groups (broad SMARTS) is 1. The second-order valence-electron chi connectivity index (χ2n) is 2.14. The van der Waals surface area contributed by atoms with Gasteiger partial charge in [0.25, 0.3) is 0 Å². The third-order valence-electron chi connectivity index (χ3n) is 1.17. The minimum Gasteiger partial charge on any atom is -0.596 e. The van der Waals surface area contributed by atoms with Gasteiger partial charge in [-0.1, -0.05) is 4.57 Å². The van der Waals surface area contributed by atoms with E-state index >= 15 is 0 Å². The summed E-state index contributed by atoms with van der Waals surface area (Å²) in [5.41, 5.74) is 5.11. The molecule has 0 aromatic rings. The Bertz CT molecular complexity index is 164.